The maximum absolute atomic E-state index is 11.7. The van der Waals surface area contributed by atoms with Crippen molar-refractivity contribution >= 4 is 17.5 Å². The van der Waals surface area contributed by atoms with E-state index in [1.807, 2.05) is 0 Å². The Balaban J connectivity index is 2.70. The first kappa shape index (κ1) is 13.8. The molecule has 1 rings (SSSR count). The van der Waals surface area contributed by atoms with Crippen LogP contribution in [0.25, 0.3) is 0 Å². The summed E-state index contributed by atoms with van der Waals surface area (Å²) in [5, 5.41) is 0. The van der Waals surface area contributed by atoms with Crippen LogP contribution in [0.3, 0.4) is 0 Å². The Bertz CT molecular complexity index is 326. The molecule has 0 aliphatic carbocycles. The first-order chi connectivity index (χ1) is 7.97. The van der Waals surface area contributed by atoms with E-state index in [-0.39, 0.29) is 30.2 Å². The van der Waals surface area contributed by atoms with Gasteiger partial charge in [0.25, 0.3) is 0 Å². The Kier molecular flexibility index (Phi) is 4.81. The van der Waals surface area contributed by atoms with E-state index in [9.17, 15) is 14.4 Å². The second kappa shape index (κ2) is 5.91. The molecule has 1 amide bonds. The summed E-state index contributed by atoms with van der Waals surface area (Å²) < 4.78 is 5.40. The van der Waals surface area contributed by atoms with E-state index < -0.39 is 6.04 Å². The normalized spacial score (nSPS) is 23.8. The molecular weight excluding hydrogens is 222 g/mol. The van der Waals surface area contributed by atoms with Crippen molar-refractivity contribution in [3.63, 3.8) is 0 Å². The fraction of sp³-hybridized carbons (Fsp3) is 0.750. The van der Waals surface area contributed by atoms with Gasteiger partial charge in [0.15, 0.2) is 11.6 Å². The Hall–Kier alpha value is -1.23. The molecule has 1 heterocycles. The molecule has 0 aromatic carbocycles. The standard InChI is InChI=1S/C12H19NO4/c1-4-11(16)13-6-5-10(12(13)9(3)15)17-7-8(2)14/h10,12H,4-7H2,1-3H3/t10-,12+/m0/s1. The number of amides is 1. The Morgan fingerprint density at radius 2 is 1.94 bits per heavy atom. The summed E-state index contributed by atoms with van der Waals surface area (Å²) in [6.07, 6.45) is 0.652. The highest BCUT2D eigenvalue weighted by Crippen LogP contribution is 2.22. The van der Waals surface area contributed by atoms with Crippen LogP contribution in [0.5, 0.6) is 0 Å². The van der Waals surface area contributed by atoms with Crippen LogP contribution in [0.15, 0.2) is 0 Å². The Morgan fingerprint density at radius 3 is 2.41 bits per heavy atom. The van der Waals surface area contributed by atoms with Crippen LogP contribution in [-0.4, -0.2) is 47.7 Å². The molecule has 0 saturated carbocycles. The molecule has 1 aliphatic heterocycles. The van der Waals surface area contributed by atoms with Gasteiger partial charge in [0.1, 0.15) is 12.6 Å². The summed E-state index contributed by atoms with van der Waals surface area (Å²) in [7, 11) is 0. The van der Waals surface area contributed by atoms with E-state index >= 15 is 0 Å². The van der Waals surface area contributed by atoms with Crippen LogP contribution in [0.1, 0.15) is 33.6 Å². The zero-order chi connectivity index (χ0) is 13.0. The molecule has 17 heavy (non-hydrogen) atoms. The number of ketones is 2. The second-order valence-corrected chi connectivity index (χ2v) is 4.34. The lowest BCUT2D eigenvalue weighted by molar-refractivity contribution is -0.140. The molecule has 0 bridgehead atoms. The molecule has 0 radical (unpaired) electrons. The number of carbonyl (C=O) groups is 3. The minimum atomic E-state index is -0.526. The van der Waals surface area contributed by atoms with E-state index in [0.29, 0.717) is 19.4 Å². The number of Topliss-reactive ketones (excluding diaryl/α,β-unsaturated/α-hetero) is 2. The van der Waals surface area contributed by atoms with Gasteiger partial charge in [0, 0.05) is 13.0 Å². The van der Waals surface area contributed by atoms with E-state index in [4.69, 9.17) is 4.74 Å². The molecule has 1 saturated heterocycles. The van der Waals surface area contributed by atoms with Crippen molar-refractivity contribution in [1.82, 2.24) is 4.90 Å². The maximum atomic E-state index is 11.7. The molecule has 0 N–H and O–H groups in total. The van der Waals surface area contributed by atoms with Gasteiger partial charge in [-0.25, -0.2) is 0 Å². The monoisotopic (exact) mass is 241 g/mol. The molecule has 0 unspecified atom stereocenters. The lowest BCUT2D eigenvalue weighted by Gasteiger charge is -2.25. The predicted molar refractivity (Wildman–Crippen MR) is 61.5 cm³/mol. The molecule has 96 valence electrons. The van der Waals surface area contributed by atoms with Crippen molar-refractivity contribution in [2.24, 2.45) is 0 Å². The van der Waals surface area contributed by atoms with E-state index in [0.717, 1.165) is 0 Å². The third kappa shape index (κ3) is 3.36. The molecule has 2 atom stereocenters. The summed E-state index contributed by atoms with van der Waals surface area (Å²) in [6.45, 7) is 5.19. The van der Waals surface area contributed by atoms with Crippen molar-refractivity contribution in [3.8, 4) is 0 Å². The van der Waals surface area contributed by atoms with E-state index in [2.05, 4.69) is 0 Å². The van der Waals surface area contributed by atoms with Gasteiger partial charge in [-0.3, -0.25) is 14.4 Å². The Labute approximate surface area is 101 Å². The van der Waals surface area contributed by atoms with Gasteiger partial charge in [-0.2, -0.15) is 0 Å². The van der Waals surface area contributed by atoms with Crippen molar-refractivity contribution in [1.29, 1.82) is 0 Å². The van der Waals surface area contributed by atoms with Crippen LogP contribution in [0, 0.1) is 0 Å². The number of hydrogen-bond acceptors (Lipinski definition) is 4. The van der Waals surface area contributed by atoms with E-state index in [1.165, 1.54) is 13.8 Å². The van der Waals surface area contributed by atoms with Gasteiger partial charge in [-0.15, -0.1) is 0 Å². The fourth-order valence-electron chi connectivity index (χ4n) is 2.13. The quantitative estimate of drug-likeness (QED) is 0.705. The van der Waals surface area contributed by atoms with Crippen molar-refractivity contribution in [2.45, 2.75) is 45.8 Å². The zero-order valence-electron chi connectivity index (χ0n) is 10.6. The first-order valence-corrected chi connectivity index (χ1v) is 5.88. The molecular formula is C12H19NO4. The minimum Gasteiger partial charge on any atom is -0.368 e. The molecule has 1 aliphatic rings. The minimum absolute atomic E-state index is 0.00258. The highest BCUT2D eigenvalue weighted by Gasteiger charge is 2.40. The average Bonchev–Trinajstić information content (AvgIpc) is 2.68. The predicted octanol–water partition coefficient (Wildman–Crippen LogP) is 0.560. The third-order valence-electron chi connectivity index (χ3n) is 2.88. The zero-order valence-corrected chi connectivity index (χ0v) is 10.6. The SMILES string of the molecule is CCC(=O)N1CC[C@H](OCC(C)=O)[C@H]1C(C)=O. The van der Waals surface area contributed by atoms with Gasteiger partial charge in [0.05, 0.1) is 6.10 Å². The van der Waals surface area contributed by atoms with Crippen LogP contribution in [0.2, 0.25) is 0 Å². The molecule has 0 aromatic rings. The van der Waals surface area contributed by atoms with Crippen LogP contribution < -0.4 is 0 Å². The van der Waals surface area contributed by atoms with Crippen LogP contribution >= 0.6 is 0 Å². The average molecular weight is 241 g/mol. The van der Waals surface area contributed by atoms with Crippen LogP contribution in [0.4, 0.5) is 0 Å². The molecule has 5 nitrogen and oxygen atoms in total. The molecule has 1 fully saturated rings. The summed E-state index contributed by atoms with van der Waals surface area (Å²) in [6, 6.07) is -0.526. The van der Waals surface area contributed by atoms with Crippen LogP contribution in [-0.2, 0) is 19.1 Å². The van der Waals surface area contributed by atoms with Gasteiger partial charge in [-0.05, 0) is 20.3 Å². The number of rotatable bonds is 5. The topological polar surface area (TPSA) is 63.7 Å². The number of ether oxygens (including phenoxy) is 1. The summed E-state index contributed by atoms with van der Waals surface area (Å²) in [5.74, 6) is -0.204. The van der Waals surface area contributed by atoms with Crippen molar-refractivity contribution in [3.05, 3.63) is 0 Å². The number of likely N-dealkylation sites (tertiary alicyclic amines) is 1. The van der Waals surface area contributed by atoms with Crippen molar-refractivity contribution < 1.29 is 19.1 Å². The van der Waals surface area contributed by atoms with Gasteiger partial charge < -0.3 is 9.64 Å². The largest absolute Gasteiger partial charge is 0.368 e. The first-order valence-electron chi connectivity index (χ1n) is 5.88. The highest BCUT2D eigenvalue weighted by molar-refractivity contribution is 5.88. The Morgan fingerprint density at radius 1 is 1.29 bits per heavy atom. The lowest BCUT2D eigenvalue weighted by Crippen LogP contribution is -2.45. The third-order valence-corrected chi connectivity index (χ3v) is 2.88. The smallest absolute Gasteiger partial charge is 0.222 e. The number of hydrogen-bond donors (Lipinski definition) is 0. The van der Waals surface area contributed by atoms with Gasteiger partial charge >= 0.3 is 0 Å². The fourth-order valence-corrected chi connectivity index (χ4v) is 2.13. The van der Waals surface area contributed by atoms with Crippen molar-refractivity contribution in [2.75, 3.05) is 13.2 Å². The van der Waals surface area contributed by atoms with E-state index in [1.54, 1.807) is 11.8 Å². The summed E-state index contributed by atoms with van der Waals surface area (Å²) in [5.41, 5.74) is 0. The summed E-state index contributed by atoms with van der Waals surface area (Å²) in [4.78, 5) is 35.7. The van der Waals surface area contributed by atoms with Gasteiger partial charge in [0.2, 0.25) is 5.91 Å². The summed E-state index contributed by atoms with van der Waals surface area (Å²) >= 11 is 0. The number of carbonyl (C=O) groups excluding carboxylic acids is 3. The molecule has 5 heteroatoms. The second-order valence-electron chi connectivity index (χ2n) is 4.34. The highest BCUT2D eigenvalue weighted by atomic mass is 16.5. The lowest BCUT2D eigenvalue weighted by atomic mass is 10.1. The molecule has 0 spiro atoms. The maximum Gasteiger partial charge on any atom is 0.222 e. The van der Waals surface area contributed by atoms with Gasteiger partial charge in [-0.1, -0.05) is 6.92 Å². The number of nitrogens with zero attached hydrogens (tertiary/aromatic N) is 1. The molecule has 0 aromatic heterocycles.